The maximum atomic E-state index is 13.1. The lowest BCUT2D eigenvalue weighted by molar-refractivity contribution is -0.140. The molecule has 4 nitrogen and oxygen atoms in total. The zero-order valence-corrected chi connectivity index (χ0v) is 19.9. The summed E-state index contributed by atoms with van der Waals surface area (Å²) in [4.78, 5) is 27.2. The van der Waals surface area contributed by atoms with E-state index in [1.807, 2.05) is 32.0 Å². The van der Waals surface area contributed by atoms with Gasteiger partial charge in [-0.25, -0.2) is 0 Å². The molecule has 2 aromatic carbocycles. The van der Waals surface area contributed by atoms with Crippen LogP contribution < -0.4 is 5.32 Å². The van der Waals surface area contributed by atoms with Gasteiger partial charge in [-0.15, -0.1) is 0 Å². The van der Waals surface area contributed by atoms with Gasteiger partial charge in [0.25, 0.3) is 0 Å². The minimum absolute atomic E-state index is 0.0118. The van der Waals surface area contributed by atoms with Crippen LogP contribution in [0.25, 0.3) is 0 Å². The molecule has 2 rings (SSSR count). The van der Waals surface area contributed by atoms with E-state index in [-0.39, 0.29) is 24.4 Å². The zero-order chi connectivity index (χ0) is 22.1. The van der Waals surface area contributed by atoms with Crippen molar-refractivity contribution in [3.63, 3.8) is 0 Å². The van der Waals surface area contributed by atoms with Crippen LogP contribution in [0.1, 0.15) is 38.3 Å². The van der Waals surface area contributed by atoms with Crippen molar-refractivity contribution in [3.05, 3.63) is 69.7 Å². The van der Waals surface area contributed by atoms with Crippen LogP contribution in [0.4, 0.5) is 0 Å². The number of hydrogen-bond donors (Lipinski definition) is 1. The first-order chi connectivity index (χ1) is 14.3. The van der Waals surface area contributed by atoms with Crippen LogP contribution in [0.2, 0.25) is 10.0 Å². The standard InChI is InChI=1S/C23H28Cl2N2O2S/c1-16(2)26-23(29)17(3)27(14-19-20(24)10-7-11-21(19)25)22(28)12-13-30-15-18-8-5-4-6-9-18/h4-11,16-17H,12-15H2,1-3H3,(H,26,29). The first kappa shape index (κ1) is 24.6. The van der Waals surface area contributed by atoms with Crippen LogP contribution in [0.5, 0.6) is 0 Å². The van der Waals surface area contributed by atoms with Crippen molar-refractivity contribution < 1.29 is 9.59 Å². The number of halogens is 2. The maximum absolute atomic E-state index is 13.1. The molecular weight excluding hydrogens is 439 g/mol. The SMILES string of the molecule is CC(C)NC(=O)C(C)N(Cc1c(Cl)cccc1Cl)C(=O)CCSCc1ccccc1. The van der Waals surface area contributed by atoms with Crippen molar-refractivity contribution >= 4 is 46.8 Å². The second kappa shape index (κ2) is 12.2. The minimum Gasteiger partial charge on any atom is -0.352 e. The van der Waals surface area contributed by atoms with Crippen molar-refractivity contribution in [1.82, 2.24) is 10.2 Å². The fourth-order valence-corrected chi connectivity index (χ4v) is 4.32. The zero-order valence-electron chi connectivity index (χ0n) is 17.5. The van der Waals surface area contributed by atoms with E-state index in [1.54, 1.807) is 41.8 Å². The monoisotopic (exact) mass is 466 g/mol. The van der Waals surface area contributed by atoms with E-state index in [0.717, 1.165) is 5.75 Å². The summed E-state index contributed by atoms with van der Waals surface area (Å²) in [5.41, 5.74) is 1.87. The van der Waals surface area contributed by atoms with Gasteiger partial charge in [-0.05, 0) is 38.5 Å². The summed E-state index contributed by atoms with van der Waals surface area (Å²) in [6.07, 6.45) is 0.332. The third kappa shape index (κ3) is 7.53. The van der Waals surface area contributed by atoms with Gasteiger partial charge in [0.15, 0.2) is 0 Å². The molecule has 0 aliphatic carbocycles. The molecule has 0 fully saturated rings. The Kier molecular flexibility index (Phi) is 10.0. The fourth-order valence-electron chi connectivity index (χ4n) is 2.91. The Hall–Kier alpha value is -1.69. The molecule has 0 saturated carbocycles. The molecule has 1 N–H and O–H groups in total. The summed E-state index contributed by atoms with van der Waals surface area (Å²) in [7, 11) is 0. The predicted molar refractivity (Wildman–Crippen MR) is 127 cm³/mol. The van der Waals surface area contributed by atoms with Gasteiger partial charge in [0.1, 0.15) is 6.04 Å². The lowest BCUT2D eigenvalue weighted by atomic mass is 10.1. The summed E-state index contributed by atoms with van der Waals surface area (Å²) in [6.45, 7) is 5.70. The van der Waals surface area contributed by atoms with Crippen LogP contribution in [0.15, 0.2) is 48.5 Å². The third-order valence-electron chi connectivity index (χ3n) is 4.56. The Balaban J connectivity index is 2.07. The van der Waals surface area contributed by atoms with E-state index in [2.05, 4.69) is 17.4 Å². The normalized spacial score (nSPS) is 11.9. The molecule has 0 aliphatic heterocycles. The van der Waals surface area contributed by atoms with E-state index in [1.165, 1.54) is 5.56 Å². The second-order valence-electron chi connectivity index (χ2n) is 7.35. The smallest absolute Gasteiger partial charge is 0.242 e. The molecule has 162 valence electrons. The van der Waals surface area contributed by atoms with Gasteiger partial charge in [0.2, 0.25) is 11.8 Å². The molecule has 0 radical (unpaired) electrons. The van der Waals surface area contributed by atoms with E-state index < -0.39 is 6.04 Å². The Morgan fingerprint density at radius 3 is 2.23 bits per heavy atom. The number of nitrogens with zero attached hydrogens (tertiary/aromatic N) is 1. The average molecular weight is 467 g/mol. The largest absolute Gasteiger partial charge is 0.352 e. The number of rotatable bonds is 10. The second-order valence-corrected chi connectivity index (χ2v) is 9.27. The van der Waals surface area contributed by atoms with Crippen molar-refractivity contribution in [2.75, 3.05) is 5.75 Å². The van der Waals surface area contributed by atoms with Crippen LogP contribution in [-0.2, 0) is 21.9 Å². The minimum atomic E-state index is -0.633. The van der Waals surface area contributed by atoms with Crippen molar-refractivity contribution in [3.8, 4) is 0 Å². The molecule has 0 bridgehead atoms. The highest BCUT2D eigenvalue weighted by atomic mass is 35.5. The van der Waals surface area contributed by atoms with E-state index in [4.69, 9.17) is 23.2 Å². The Morgan fingerprint density at radius 2 is 1.63 bits per heavy atom. The van der Waals surface area contributed by atoms with Crippen molar-refractivity contribution in [2.24, 2.45) is 0 Å². The van der Waals surface area contributed by atoms with E-state index in [9.17, 15) is 9.59 Å². The number of carbonyl (C=O) groups is 2. The lowest BCUT2D eigenvalue weighted by Gasteiger charge is -2.30. The van der Waals surface area contributed by atoms with Gasteiger partial charge in [-0.3, -0.25) is 9.59 Å². The molecule has 0 saturated heterocycles. The molecule has 0 heterocycles. The Bertz CT molecular complexity index is 826. The van der Waals surface area contributed by atoms with Gasteiger partial charge < -0.3 is 10.2 Å². The first-order valence-corrected chi connectivity index (χ1v) is 11.8. The molecule has 0 aromatic heterocycles. The van der Waals surface area contributed by atoms with E-state index in [0.29, 0.717) is 27.8 Å². The number of thioether (sulfide) groups is 1. The number of amides is 2. The maximum Gasteiger partial charge on any atom is 0.242 e. The lowest BCUT2D eigenvalue weighted by Crippen LogP contribution is -2.49. The number of hydrogen-bond acceptors (Lipinski definition) is 3. The van der Waals surface area contributed by atoms with Gasteiger partial charge >= 0.3 is 0 Å². The number of nitrogens with one attached hydrogen (secondary N) is 1. The Morgan fingerprint density at radius 1 is 1.00 bits per heavy atom. The van der Waals surface area contributed by atoms with Gasteiger partial charge in [0, 0.05) is 46.1 Å². The summed E-state index contributed by atoms with van der Waals surface area (Å²) in [5, 5.41) is 3.84. The van der Waals surface area contributed by atoms with Crippen LogP contribution in [-0.4, -0.2) is 34.6 Å². The molecular formula is C23H28Cl2N2O2S. The van der Waals surface area contributed by atoms with Gasteiger partial charge in [-0.1, -0.05) is 59.6 Å². The number of benzene rings is 2. The summed E-state index contributed by atoms with van der Waals surface area (Å²) >= 11 is 14.3. The predicted octanol–water partition coefficient (Wildman–Crippen LogP) is 5.56. The van der Waals surface area contributed by atoms with Crippen LogP contribution >= 0.6 is 35.0 Å². The summed E-state index contributed by atoms with van der Waals surface area (Å²) < 4.78 is 0. The van der Waals surface area contributed by atoms with Gasteiger partial charge in [0.05, 0.1) is 0 Å². The molecule has 7 heteroatoms. The van der Waals surface area contributed by atoms with Crippen molar-refractivity contribution in [1.29, 1.82) is 0 Å². The number of carbonyl (C=O) groups excluding carboxylic acids is 2. The first-order valence-electron chi connectivity index (χ1n) is 9.94. The summed E-state index contributed by atoms with van der Waals surface area (Å²) in [6, 6.07) is 14.7. The highest BCUT2D eigenvalue weighted by Crippen LogP contribution is 2.27. The molecule has 1 atom stereocenters. The fraction of sp³-hybridized carbons (Fsp3) is 0.391. The molecule has 2 amide bonds. The highest BCUT2D eigenvalue weighted by Gasteiger charge is 2.27. The molecule has 2 aromatic rings. The van der Waals surface area contributed by atoms with Gasteiger partial charge in [-0.2, -0.15) is 11.8 Å². The van der Waals surface area contributed by atoms with E-state index >= 15 is 0 Å². The average Bonchev–Trinajstić information content (AvgIpc) is 2.70. The highest BCUT2D eigenvalue weighted by molar-refractivity contribution is 7.98. The van der Waals surface area contributed by atoms with Crippen LogP contribution in [0.3, 0.4) is 0 Å². The third-order valence-corrected chi connectivity index (χ3v) is 6.30. The topological polar surface area (TPSA) is 49.4 Å². The quantitative estimate of drug-likeness (QED) is 0.466. The molecule has 0 spiro atoms. The Labute approximate surface area is 193 Å². The molecule has 0 aliphatic rings. The summed E-state index contributed by atoms with van der Waals surface area (Å²) in [5.74, 6) is 1.21. The van der Waals surface area contributed by atoms with Crippen LogP contribution in [0, 0.1) is 0 Å². The molecule has 30 heavy (non-hydrogen) atoms. The van der Waals surface area contributed by atoms with Crippen molar-refractivity contribution in [2.45, 2.75) is 51.6 Å². The molecule has 1 unspecified atom stereocenters.